The standard InChI is InChI=1S/C21H36N4O2.HI/c1-16-13-19(26-5)20(27-6)14-17(16)15-25(4)21(22-2)23-11-12-24(3)18-9-7-8-10-18;/h13-14,18H,7-12,15H2,1-6H3,(H,22,23);1H. The van der Waals surface area contributed by atoms with Gasteiger partial charge in [-0.25, -0.2) is 0 Å². The normalized spacial score (nSPS) is 14.8. The highest BCUT2D eigenvalue weighted by Gasteiger charge is 2.19. The van der Waals surface area contributed by atoms with E-state index in [9.17, 15) is 0 Å². The molecule has 0 aliphatic heterocycles. The van der Waals surface area contributed by atoms with Gasteiger partial charge in [-0.1, -0.05) is 12.8 Å². The molecule has 160 valence electrons. The van der Waals surface area contributed by atoms with Crippen LogP contribution in [-0.4, -0.2) is 70.3 Å². The lowest BCUT2D eigenvalue weighted by Crippen LogP contribution is -2.43. The lowest BCUT2D eigenvalue weighted by atomic mass is 10.1. The molecule has 1 aliphatic carbocycles. The van der Waals surface area contributed by atoms with Gasteiger partial charge in [-0.05, 0) is 50.1 Å². The predicted octanol–water partition coefficient (Wildman–Crippen LogP) is 3.51. The van der Waals surface area contributed by atoms with E-state index in [1.54, 1.807) is 14.2 Å². The Hall–Kier alpha value is -1.22. The summed E-state index contributed by atoms with van der Waals surface area (Å²) in [5.74, 6) is 2.43. The van der Waals surface area contributed by atoms with E-state index in [-0.39, 0.29) is 24.0 Å². The number of ether oxygens (including phenoxy) is 2. The summed E-state index contributed by atoms with van der Waals surface area (Å²) in [5.41, 5.74) is 2.37. The highest BCUT2D eigenvalue weighted by Crippen LogP contribution is 2.30. The summed E-state index contributed by atoms with van der Waals surface area (Å²) in [5, 5.41) is 3.49. The van der Waals surface area contributed by atoms with Crippen molar-refractivity contribution in [2.24, 2.45) is 4.99 Å². The highest BCUT2D eigenvalue weighted by molar-refractivity contribution is 14.0. The number of guanidine groups is 1. The van der Waals surface area contributed by atoms with Crippen LogP contribution in [0.25, 0.3) is 0 Å². The Labute approximate surface area is 187 Å². The largest absolute Gasteiger partial charge is 0.493 e. The molecule has 6 nitrogen and oxygen atoms in total. The number of methoxy groups -OCH3 is 2. The minimum atomic E-state index is 0. The Kier molecular flexibility index (Phi) is 11.0. The van der Waals surface area contributed by atoms with Gasteiger partial charge in [-0.15, -0.1) is 24.0 Å². The van der Waals surface area contributed by atoms with Gasteiger partial charge in [0.05, 0.1) is 14.2 Å². The van der Waals surface area contributed by atoms with Crippen LogP contribution < -0.4 is 14.8 Å². The number of nitrogens with one attached hydrogen (secondary N) is 1. The van der Waals surface area contributed by atoms with Gasteiger partial charge in [0.1, 0.15) is 0 Å². The average Bonchev–Trinajstić information content (AvgIpc) is 3.21. The maximum atomic E-state index is 5.45. The molecule has 0 amide bonds. The topological polar surface area (TPSA) is 49.3 Å². The quantitative estimate of drug-likeness (QED) is 0.334. The van der Waals surface area contributed by atoms with Gasteiger partial charge >= 0.3 is 0 Å². The van der Waals surface area contributed by atoms with Crippen molar-refractivity contribution >= 4 is 29.9 Å². The highest BCUT2D eigenvalue weighted by atomic mass is 127. The molecule has 0 unspecified atom stereocenters. The van der Waals surface area contributed by atoms with Crippen LogP contribution in [0.4, 0.5) is 0 Å². The third-order valence-corrected chi connectivity index (χ3v) is 5.52. The summed E-state index contributed by atoms with van der Waals surface area (Å²) in [6.45, 7) is 4.78. The van der Waals surface area contributed by atoms with Crippen LogP contribution in [0, 0.1) is 6.92 Å². The Bertz CT molecular complexity index is 633. The van der Waals surface area contributed by atoms with Crippen molar-refractivity contribution in [3.05, 3.63) is 23.3 Å². The molecule has 1 saturated carbocycles. The minimum absolute atomic E-state index is 0. The molecule has 0 atom stereocenters. The molecule has 0 heterocycles. The lowest BCUT2D eigenvalue weighted by molar-refractivity contribution is 0.248. The van der Waals surface area contributed by atoms with Crippen molar-refractivity contribution < 1.29 is 9.47 Å². The molecule has 2 rings (SSSR count). The lowest BCUT2D eigenvalue weighted by Gasteiger charge is -2.27. The summed E-state index contributed by atoms with van der Waals surface area (Å²) in [6, 6.07) is 4.82. The van der Waals surface area contributed by atoms with Crippen molar-refractivity contribution in [2.45, 2.75) is 45.2 Å². The average molecular weight is 504 g/mol. The van der Waals surface area contributed by atoms with Gasteiger partial charge in [0.2, 0.25) is 0 Å². The summed E-state index contributed by atoms with van der Waals surface area (Å²) < 4.78 is 10.8. The van der Waals surface area contributed by atoms with E-state index in [1.165, 1.54) is 36.8 Å². The number of aliphatic imine (C=N–C) groups is 1. The molecular weight excluding hydrogens is 467 g/mol. The summed E-state index contributed by atoms with van der Waals surface area (Å²) in [4.78, 5) is 9.06. The first-order valence-corrected chi connectivity index (χ1v) is 9.83. The molecule has 1 fully saturated rings. The number of hydrogen-bond acceptors (Lipinski definition) is 4. The summed E-state index contributed by atoms with van der Waals surface area (Å²) >= 11 is 0. The first-order chi connectivity index (χ1) is 13.0. The van der Waals surface area contributed by atoms with Gasteiger partial charge in [0.15, 0.2) is 17.5 Å². The van der Waals surface area contributed by atoms with E-state index < -0.39 is 0 Å². The zero-order chi connectivity index (χ0) is 19.8. The Morgan fingerprint density at radius 1 is 1.14 bits per heavy atom. The monoisotopic (exact) mass is 504 g/mol. The van der Waals surface area contributed by atoms with Gasteiger partial charge in [-0.2, -0.15) is 0 Å². The van der Waals surface area contributed by atoms with E-state index >= 15 is 0 Å². The van der Waals surface area contributed by atoms with Crippen molar-refractivity contribution in [1.82, 2.24) is 15.1 Å². The van der Waals surface area contributed by atoms with E-state index in [0.29, 0.717) is 0 Å². The van der Waals surface area contributed by atoms with Crippen LogP contribution in [-0.2, 0) is 6.54 Å². The first kappa shape index (κ1) is 24.8. The van der Waals surface area contributed by atoms with Crippen LogP contribution >= 0.6 is 24.0 Å². The molecule has 0 saturated heterocycles. The minimum Gasteiger partial charge on any atom is -0.493 e. The van der Waals surface area contributed by atoms with Gasteiger partial charge in [-0.3, -0.25) is 4.99 Å². The zero-order valence-corrected chi connectivity index (χ0v) is 20.6. The van der Waals surface area contributed by atoms with Gasteiger partial charge in [0, 0.05) is 39.8 Å². The Morgan fingerprint density at radius 2 is 1.75 bits per heavy atom. The van der Waals surface area contributed by atoms with Crippen molar-refractivity contribution in [1.29, 1.82) is 0 Å². The Balaban J connectivity index is 0.00000392. The zero-order valence-electron chi connectivity index (χ0n) is 18.2. The third-order valence-electron chi connectivity index (χ3n) is 5.52. The molecule has 0 bridgehead atoms. The van der Waals surface area contributed by atoms with E-state index in [4.69, 9.17) is 9.47 Å². The Morgan fingerprint density at radius 3 is 2.32 bits per heavy atom. The maximum absolute atomic E-state index is 5.45. The molecule has 0 spiro atoms. The van der Waals surface area contributed by atoms with E-state index in [1.807, 2.05) is 19.2 Å². The molecule has 1 N–H and O–H groups in total. The SMILES string of the molecule is CN=C(NCCN(C)C1CCCC1)N(C)Cc1cc(OC)c(OC)cc1C.I. The predicted molar refractivity (Wildman–Crippen MR) is 127 cm³/mol. The number of likely N-dealkylation sites (N-methyl/N-ethyl adjacent to an activating group) is 1. The molecule has 1 aromatic carbocycles. The van der Waals surface area contributed by atoms with Crippen LogP contribution in [0.1, 0.15) is 36.8 Å². The fraction of sp³-hybridized carbons (Fsp3) is 0.667. The molecule has 0 aromatic heterocycles. The van der Waals surface area contributed by atoms with E-state index in [2.05, 4.69) is 41.1 Å². The molecule has 0 radical (unpaired) electrons. The number of rotatable bonds is 8. The number of nitrogens with zero attached hydrogens (tertiary/aromatic N) is 3. The fourth-order valence-corrected chi connectivity index (χ4v) is 3.78. The van der Waals surface area contributed by atoms with Gasteiger partial charge in [0.25, 0.3) is 0 Å². The molecular formula is C21H37IN4O2. The molecule has 1 aromatic rings. The number of benzene rings is 1. The number of aryl methyl sites for hydroxylation is 1. The number of hydrogen-bond donors (Lipinski definition) is 1. The maximum Gasteiger partial charge on any atom is 0.193 e. The van der Waals surface area contributed by atoms with Crippen molar-refractivity contribution in [3.8, 4) is 11.5 Å². The second kappa shape index (κ2) is 12.4. The van der Waals surface area contributed by atoms with Crippen molar-refractivity contribution in [2.75, 3.05) is 48.5 Å². The van der Waals surface area contributed by atoms with E-state index in [0.717, 1.165) is 43.1 Å². The fourth-order valence-electron chi connectivity index (χ4n) is 3.78. The second-order valence-electron chi connectivity index (χ2n) is 7.38. The van der Waals surface area contributed by atoms with Crippen LogP contribution in [0.2, 0.25) is 0 Å². The smallest absolute Gasteiger partial charge is 0.193 e. The molecule has 7 heteroatoms. The van der Waals surface area contributed by atoms with Crippen LogP contribution in [0.15, 0.2) is 17.1 Å². The molecule has 1 aliphatic rings. The second-order valence-corrected chi connectivity index (χ2v) is 7.38. The molecule has 28 heavy (non-hydrogen) atoms. The first-order valence-electron chi connectivity index (χ1n) is 9.83. The summed E-state index contributed by atoms with van der Waals surface area (Å²) in [6.07, 6.45) is 5.42. The number of halogens is 1. The van der Waals surface area contributed by atoms with Crippen molar-refractivity contribution in [3.63, 3.8) is 0 Å². The van der Waals surface area contributed by atoms with Crippen LogP contribution in [0.5, 0.6) is 11.5 Å². The third kappa shape index (κ3) is 6.69. The van der Waals surface area contributed by atoms with Gasteiger partial charge < -0.3 is 24.6 Å². The van der Waals surface area contributed by atoms with Crippen LogP contribution in [0.3, 0.4) is 0 Å². The summed E-state index contributed by atoms with van der Waals surface area (Å²) in [7, 11) is 9.46.